The number of pyridine rings is 1. The molecule has 2 rings (SSSR count). The van der Waals surface area contributed by atoms with E-state index in [-0.39, 0.29) is 5.91 Å². The number of carbonyl (C=O) groups is 2. The van der Waals surface area contributed by atoms with E-state index in [1.165, 1.54) is 7.11 Å². The number of aromatic nitrogens is 3. The Balaban J connectivity index is 2.29. The number of ether oxygens (including phenoxy) is 1. The van der Waals surface area contributed by atoms with Crippen LogP contribution in [0.1, 0.15) is 36.5 Å². The molecule has 0 saturated heterocycles. The first-order chi connectivity index (χ1) is 9.91. The van der Waals surface area contributed by atoms with Gasteiger partial charge >= 0.3 is 5.97 Å². The van der Waals surface area contributed by atoms with Crippen LogP contribution in [0.4, 0.5) is 0 Å². The van der Waals surface area contributed by atoms with Crippen LogP contribution in [0, 0.1) is 6.92 Å². The van der Waals surface area contributed by atoms with Crippen LogP contribution in [0.2, 0.25) is 0 Å². The van der Waals surface area contributed by atoms with E-state index in [9.17, 15) is 9.59 Å². The summed E-state index contributed by atoms with van der Waals surface area (Å²) in [5.41, 5.74) is 0.0347. The molecule has 0 spiro atoms. The summed E-state index contributed by atoms with van der Waals surface area (Å²) in [6.45, 7) is 5.25. The van der Waals surface area contributed by atoms with E-state index in [1.807, 2.05) is 6.92 Å². The van der Waals surface area contributed by atoms with Crippen molar-refractivity contribution in [2.75, 3.05) is 7.11 Å². The number of hydrogen-bond acceptors (Lipinski definition) is 5. The number of amides is 1. The molecule has 112 valence electrons. The van der Waals surface area contributed by atoms with E-state index in [0.717, 1.165) is 0 Å². The lowest BCUT2D eigenvalue weighted by Crippen LogP contribution is -2.52. The summed E-state index contributed by atoms with van der Waals surface area (Å²) in [7, 11) is 1.30. The molecule has 21 heavy (non-hydrogen) atoms. The number of methoxy groups -OCH3 is 1. The summed E-state index contributed by atoms with van der Waals surface area (Å²) in [5, 5.41) is 10.6. The third-order valence-corrected chi connectivity index (χ3v) is 3.57. The molecule has 2 aromatic rings. The van der Waals surface area contributed by atoms with E-state index in [0.29, 0.717) is 23.5 Å². The smallest absolute Gasteiger partial charge is 0.331 e. The Morgan fingerprint density at radius 3 is 2.71 bits per heavy atom. The Morgan fingerprint density at radius 1 is 1.38 bits per heavy atom. The first-order valence-electron chi connectivity index (χ1n) is 6.63. The predicted octanol–water partition coefficient (Wildman–Crippen LogP) is 1.11. The number of hydrogen-bond donors (Lipinski definition) is 1. The van der Waals surface area contributed by atoms with Gasteiger partial charge in [0.2, 0.25) is 0 Å². The van der Waals surface area contributed by atoms with Gasteiger partial charge in [0.05, 0.1) is 12.7 Å². The van der Waals surface area contributed by atoms with Crippen molar-refractivity contribution in [3.05, 3.63) is 29.7 Å². The molecule has 2 aromatic heterocycles. The molecule has 1 atom stereocenters. The molecule has 0 radical (unpaired) electrons. The minimum atomic E-state index is -1.05. The first-order valence-corrected chi connectivity index (χ1v) is 6.63. The number of esters is 1. The molecular weight excluding hydrogens is 272 g/mol. The summed E-state index contributed by atoms with van der Waals surface area (Å²) >= 11 is 0. The van der Waals surface area contributed by atoms with Crippen molar-refractivity contribution in [1.29, 1.82) is 0 Å². The standard InChI is InChI=1S/C14H18N4O3/c1-5-14(3,13(20)21-4)15-12(19)10-6-7-11-17-16-9(2)18(11)8-10/h6-8H,5H2,1-4H3,(H,15,19)/t14-/m1/s1. The van der Waals surface area contributed by atoms with Crippen LogP contribution in [-0.4, -0.2) is 39.1 Å². The molecule has 1 amide bonds. The number of fused-ring (bicyclic) bond motifs is 1. The van der Waals surface area contributed by atoms with Gasteiger partial charge in [0, 0.05) is 6.20 Å². The van der Waals surface area contributed by atoms with Gasteiger partial charge in [-0.15, -0.1) is 10.2 Å². The number of nitrogens with zero attached hydrogens (tertiary/aromatic N) is 3. The molecule has 1 N–H and O–H groups in total. The average molecular weight is 290 g/mol. The van der Waals surface area contributed by atoms with Crippen molar-refractivity contribution in [1.82, 2.24) is 19.9 Å². The molecule has 0 saturated carbocycles. The van der Waals surface area contributed by atoms with Crippen LogP contribution >= 0.6 is 0 Å². The second-order valence-corrected chi connectivity index (χ2v) is 5.02. The van der Waals surface area contributed by atoms with Crippen molar-refractivity contribution in [3.8, 4) is 0 Å². The molecule has 7 nitrogen and oxygen atoms in total. The Bertz CT molecular complexity index is 695. The molecule has 0 aliphatic carbocycles. The lowest BCUT2D eigenvalue weighted by atomic mass is 9.98. The highest BCUT2D eigenvalue weighted by atomic mass is 16.5. The summed E-state index contributed by atoms with van der Waals surface area (Å²) in [5.74, 6) is -0.134. The highest BCUT2D eigenvalue weighted by Crippen LogP contribution is 2.14. The van der Waals surface area contributed by atoms with Gasteiger partial charge in [-0.2, -0.15) is 0 Å². The maximum absolute atomic E-state index is 12.3. The minimum Gasteiger partial charge on any atom is -0.467 e. The average Bonchev–Trinajstić information content (AvgIpc) is 2.87. The fourth-order valence-corrected chi connectivity index (χ4v) is 1.97. The van der Waals surface area contributed by atoms with Gasteiger partial charge in [-0.25, -0.2) is 4.79 Å². The Hall–Kier alpha value is -2.44. The lowest BCUT2D eigenvalue weighted by molar-refractivity contribution is -0.147. The second-order valence-electron chi connectivity index (χ2n) is 5.02. The van der Waals surface area contributed by atoms with E-state index in [4.69, 9.17) is 4.74 Å². The van der Waals surface area contributed by atoms with Crippen molar-refractivity contribution < 1.29 is 14.3 Å². The Morgan fingerprint density at radius 2 is 2.10 bits per heavy atom. The molecule has 0 aliphatic heterocycles. The zero-order valence-electron chi connectivity index (χ0n) is 12.5. The van der Waals surface area contributed by atoms with Gasteiger partial charge in [-0.1, -0.05) is 6.92 Å². The number of rotatable bonds is 4. The number of nitrogens with one attached hydrogen (secondary N) is 1. The van der Waals surface area contributed by atoms with Gasteiger partial charge in [0.1, 0.15) is 11.4 Å². The van der Waals surface area contributed by atoms with Crippen LogP contribution in [0.15, 0.2) is 18.3 Å². The summed E-state index contributed by atoms with van der Waals surface area (Å²) in [4.78, 5) is 24.1. The fraction of sp³-hybridized carbons (Fsp3) is 0.429. The third-order valence-electron chi connectivity index (χ3n) is 3.57. The van der Waals surface area contributed by atoms with Gasteiger partial charge in [0.25, 0.3) is 5.91 Å². The van der Waals surface area contributed by atoms with Crippen molar-refractivity contribution in [2.24, 2.45) is 0 Å². The molecule has 2 heterocycles. The Labute approximate surface area is 122 Å². The van der Waals surface area contributed by atoms with E-state index in [2.05, 4.69) is 15.5 Å². The molecule has 0 aliphatic rings. The first kappa shape index (κ1) is 15.0. The van der Waals surface area contributed by atoms with Crippen molar-refractivity contribution in [3.63, 3.8) is 0 Å². The van der Waals surface area contributed by atoms with E-state index >= 15 is 0 Å². The van der Waals surface area contributed by atoms with Crippen LogP contribution < -0.4 is 5.32 Å². The largest absolute Gasteiger partial charge is 0.467 e. The van der Waals surface area contributed by atoms with Crippen LogP contribution in [0.25, 0.3) is 5.65 Å². The zero-order valence-corrected chi connectivity index (χ0v) is 12.5. The number of carbonyl (C=O) groups excluding carboxylic acids is 2. The quantitative estimate of drug-likeness (QED) is 0.852. The molecule has 0 bridgehead atoms. The summed E-state index contributed by atoms with van der Waals surface area (Å²) < 4.78 is 6.46. The molecule has 0 fully saturated rings. The zero-order chi connectivity index (χ0) is 15.6. The Kier molecular flexibility index (Phi) is 3.93. The van der Waals surface area contributed by atoms with Crippen LogP contribution in [-0.2, 0) is 9.53 Å². The topological polar surface area (TPSA) is 85.6 Å². The number of aryl methyl sites for hydroxylation is 1. The highest BCUT2D eigenvalue weighted by Gasteiger charge is 2.34. The molecule has 7 heteroatoms. The molecule has 0 unspecified atom stereocenters. The van der Waals surface area contributed by atoms with E-state index < -0.39 is 11.5 Å². The van der Waals surface area contributed by atoms with E-state index in [1.54, 1.807) is 36.6 Å². The second kappa shape index (κ2) is 5.51. The maximum Gasteiger partial charge on any atom is 0.331 e. The molecule has 0 aromatic carbocycles. The normalized spacial score (nSPS) is 13.7. The predicted molar refractivity (Wildman–Crippen MR) is 75.9 cm³/mol. The van der Waals surface area contributed by atoms with Crippen molar-refractivity contribution in [2.45, 2.75) is 32.7 Å². The lowest BCUT2D eigenvalue weighted by Gasteiger charge is -2.26. The van der Waals surface area contributed by atoms with Gasteiger partial charge < -0.3 is 10.1 Å². The van der Waals surface area contributed by atoms with Gasteiger partial charge in [-0.05, 0) is 32.4 Å². The summed E-state index contributed by atoms with van der Waals surface area (Å²) in [6, 6.07) is 3.35. The highest BCUT2D eigenvalue weighted by molar-refractivity contribution is 5.98. The monoisotopic (exact) mass is 290 g/mol. The fourth-order valence-electron chi connectivity index (χ4n) is 1.97. The minimum absolute atomic E-state index is 0.347. The maximum atomic E-state index is 12.3. The van der Waals surface area contributed by atoms with Gasteiger partial charge in [0.15, 0.2) is 5.65 Å². The molecular formula is C14H18N4O3. The van der Waals surface area contributed by atoms with Crippen LogP contribution in [0.3, 0.4) is 0 Å². The van der Waals surface area contributed by atoms with Crippen LogP contribution in [0.5, 0.6) is 0 Å². The van der Waals surface area contributed by atoms with Gasteiger partial charge in [-0.3, -0.25) is 9.20 Å². The third kappa shape index (κ3) is 2.72. The summed E-state index contributed by atoms with van der Waals surface area (Å²) in [6.07, 6.45) is 2.08. The SMILES string of the molecule is CC[C@@](C)(NC(=O)c1ccc2nnc(C)n2c1)C(=O)OC. The van der Waals surface area contributed by atoms with Crippen molar-refractivity contribution >= 4 is 17.5 Å².